The van der Waals surface area contributed by atoms with Gasteiger partial charge >= 0.3 is 0 Å². The second-order valence-electron chi connectivity index (χ2n) is 9.72. The standard InChI is InChI=1S/C26H32FNO5/c1-15(29)19-14-28-23(22(27)24(19)30)18-13-20(32-5)21(33-11-7-10-31-4)12-17(18)16-8-6-9-26(2,3)25(16)28/h12-14,16,25H,6-11H2,1-5H3/t16-,25+/m1/s1. The van der Waals surface area contributed by atoms with Crippen molar-refractivity contribution in [1.82, 2.24) is 4.57 Å². The number of carbonyl (C=O) groups is 1. The average molecular weight is 458 g/mol. The summed E-state index contributed by atoms with van der Waals surface area (Å²) in [7, 11) is 3.19. The highest BCUT2D eigenvalue weighted by molar-refractivity contribution is 5.94. The van der Waals surface area contributed by atoms with Crippen molar-refractivity contribution in [2.45, 2.75) is 58.4 Å². The number of benzene rings is 1. The summed E-state index contributed by atoms with van der Waals surface area (Å²) in [5, 5.41) is 0. The quantitative estimate of drug-likeness (QED) is 0.426. The van der Waals surface area contributed by atoms with Crippen LogP contribution in [0.3, 0.4) is 0 Å². The van der Waals surface area contributed by atoms with E-state index >= 15 is 4.39 Å². The molecule has 1 aromatic heterocycles. The number of aromatic nitrogens is 1. The van der Waals surface area contributed by atoms with Crippen molar-refractivity contribution >= 4 is 5.78 Å². The van der Waals surface area contributed by atoms with E-state index in [9.17, 15) is 9.59 Å². The Morgan fingerprint density at radius 2 is 1.97 bits per heavy atom. The number of hydrogen-bond donors (Lipinski definition) is 0. The fourth-order valence-corrected chi connectivity index (χ4v) is 5.60. The topological polar surface area (TPSA) is 66.8 Å². The van der Waals surface area contributed by atoms with Gasteiger partial charge in [0.15, 0.2) is 23.1 Å². The van der Waals surface area contributed by atoms with Crippen molar-refractivity contribution in [3.8, 4) is 22.8 Å². The maximum absolute atomic E-state index is 15.6. The van der Waals surface area contributed by atoms with Crippen LogP contribution in [0.1, 0.15) is 74.3 Å². The summed E-state index contributed by atoms with van der Waals surface area (Å²) in [6.45, 7) is 6.71. The van der Waals surface area contributed by atoms with E-state index in [-0.39, 0.29) is 28.6 Å². The molecule has 1 aliphatic carbocycles. The molecule has 2 heterocycles. The van der Waals surface area contributed by atoms with Crippen LogP contribution < -0.4 is 14.9 Å². The summed E-state index contributed by atoms with van der Waals surface area (Å²) in [5.41, 5.74) is 0.699. The van der Waals surface area contributed by atoms with Crippen LogP contribution in [0.15, 0.2) is 23.1 Å². The molecular weight excluding hydrogens is 425 g/mol. The first-order valence-corrected chi connectivity index (χ1v) is 11.5. The van der Waals surface area contributed by atoms with Gasteiger partial charge in [0.1, 0.15) is 0 Å². The summed E-state index contributed by atoms with van der Waals surface area (Å²) in [6.07, 6.45) is 5.25. The minimum absolute atomic E-state index is 0.0864. The molecule has 0 amide bonds. The Bertz CT molecular complexity index is 1140. The molecule has 1 aromatic carbocycles. The number of rotatable bonds is 7. The van der Waals surface area contributed by atoms with Gasteiger partial charge in [-0.1, -0.05) is 20.3 Å². The first-order chi connectivity index (χ1) is 15.7. The second-order valence-corrected chi connectivity index (χ2v) is 9.72. The number of pyridine rings is 1. The molecule has 1 fully saturated rings. The van der Waals surface area contributed by atoms with E-state index < -0.39 is 17.0 Å². The predicted octanol–water partition coefficient (Wildman–Crippen LogP) is 5.13. The molecule has 33 heavy (non-hydrogen) atoms. The molecule has 0 spiro atoms. The molecule has 7 heteroatoms. The van der Waals surface area contributed by atoms with Gasteiger partial charge in [-0.05, 0) is 42.9 Å². The van der Waals surface area contributed by atoms with Gasteiger partial charge in [-0.15, -0.1) is 0 Å². The molecule has 2 aliphatic rings. The number of ether oxygens (including phenoxy) is 3. The van der Waals surface area contributed by atoms with Gasteiger partial charge in [-0.2, -0.15) is 0 Å². The predicted molar refractivity (Wildman–Crippen MR) is 124 cm³/mol. The fraction of sp³-hybridized carbons (Fsp3) is 0.538. The number of hydrogen-bond acceptors (Lipinski definition) is 5. The van der Waals surface area contributed by atoms with Crippen LogP contribution in [0.4, 0.5) is 4.39 Å². The van der Waals surface area contributed by atoms with E-state index in [1.54, 1.807) is 26.5 Å². The molecule has 1 saturated carbocycles. The van der Waals surface area contributed by atoms with Gasteiger partial charge < -0.3 is 18.8 Å². The first kappa shape index (κ1) is 23.5. The van der Waals surface area contributed by atoms with Crippen LogP contribution in [0, 0.1) is 11.2 Å². The molecule has 4 rings (SSSR count). The summed E-state index contributed by atoms with van der Waals surface area (Å²) in [5.74, 6) is -0.132. The molecule has 0 N–H and O–H groups in total. The largest absolute Gasteiger partial charge is 0.493 e. The molecule has 1 aliphatic heterocycles. The second kappa shape index (κ2) is 8.93. The molecule has 6 nitrogen and oxygen atoms in total. The third kappa shape index (κ3) is 3.97. The zero-order chi connectivity index (χ0) is 23.9. The van der Waals surface area contributed by atoms with Crippen molar-refractivity contribution < 1.29 is 23.4 Å². The van der Waals surface area contributed by atoms with Crippen molar-refractivity contribution in [3.05, 3.63) is 45.5 Å². The normalized spacial score (nSPS) is 20.4. The minimum Gasteiger partial charge on any atom is -0.493 e. The van der Waals surface area contributed by atoms with Crippen LogP contribution in [0.25, 0.3) is 11.3 Å². The zero-order valence-electron chi connectivity index (χ0n) is 20.0. The van der Waals surface area contributed by atoms with Gasteiger partial charge in [0, 0.05) is 43.9 Å². The molecule has 0 saturated heterocycles. The zero-order valence-corrected chi connectivity index (χ0v) is 20.0. The maximum Gasteiger partial charge on any atom is 0.228 e. The Balaban J connectivity index is 1.95. The molecule has 2 atom stereocenters. The van der Waals surface area contributed by atoms with Crippen LogP contribution in [-0.2, 0) is 4.74 Å². The Hall–Kier alpha value is -2.67. The van der Waals surface area contributed by atoms with E-state index in [1.807, 2.05) is 10.6 Å². The minimum atomic E-state index is -0.889. The van der Waals surface area contributed by atoms with Gasteiger partial charge in [0.2, 0.25) is 5.43 Å². The highest BCUT2D eigenvalue weighted by Crippen LogP contribution is 2.58. The number of carbonyl (C=O) groups excluding carboxylic acids is 1. The number of methoxy groups -OCH3 is 2. The third-order valence-electron chi connectivity index (χ3n) is 7.12. The van der Waals surface area contributed by atoms with E-state index in [2.05, 4.69) is 13.8 Å². The summed E-state index contributed by atoms with van der Waals surface area (Å²) in [4.78, 5) is 24.9. The van der Waals surface area contributed by atoms with Crippen LogP contribution in [-0.4, -0.2) is 37.8 Å². The molecule has 0 bridgehead atoms. The number of ketones is 1. The lowest BCUT2D eigenvalue weighted by Crippen LogP contribution is -2.40. The van der Waals surface area contributed by atoms with Crippen LogP contribution >= 0.6 is 0 Å². The maximum atomic E-state index is 15.6. The van der Waals surface area contributed by atoms with E-state index in [0.29, 0.717) is 30.3 Å². The Morgan fingerprint density at radius 1 is 1.21 bits per heavy atom. The summed E-state index contributed by atoms with van der Waals surface area (Å²) < 4.78 is 34.2. The van der Waals surface area contributed by atoms with Gasteiger partial charge in [0.25, 0.3) is 0 Å². The number of halogens is 1. The van der Waals surface area contributed by atoms with Crippen molar-refractivity contribution in [1.29, 1.82) is 0 Å². The Kier molecular flexibility index (Phi) is 6.36. The van der Waals surface area contributed by atoms with Crippen LogP contribution in [0.2, 0.25) is 0 Å². The summed E-state index contributed by atoms with van der Waals surface area (Å²) in [6, 6.07) is 3.63. The molecule has 2 aromatic rings. The molecule has 178 valence electrons. The summed E-state index contributed by atoms with van der Waals surface area (Å²) >= 11 is 0. The molecular formula is C26H32FNO5. The van der Waals surface area contributed by atoms with Crippen molar-refractivity contribution in [2.24, 2.45) is 5.41 Å². The van der Waals surface area contributed by atoms with E-state index in [1.165, 1.54) is 6.92 Å². The number of Topliss-reactive ketones (excluding diaryl/α,β-unsaturated/α-hetero) is 1. The Morgan fingerprint density at radius 3 is 2.64 bits per heavy atom. The first-order valence-electron chi connectivity index (χ1n) is 11.5. The average Bonchev–Trinajstić information content (AvgIpc) is 2.77. The lowest BCUT2D eigenvalue weighted by molar-refractivity contribution is 0.100. The van der Waals surface area contributed by atoms with E-state index in [4.69, 9.17) is 14.2 Å². The number of fused-ring (bicyclic) bond motifs is 6. The lowest BCUT2D eigenvalue weighted by Gasteiger charge is -2.49. The van der Waals surface area contributed by atoms with Gasteiger partial charge in [-0.25, -0.2) is 4.39 Å². The monoisotopic (exact) mass is 457 g/mol. The molecule has 0 unspecified atom stereocenters. The van der Waals surface area contributed by atoms with Gasteiger partial charge in [-0.3, -0.25) is 9.59 Å². The van der Waals surface area contributed by atoms with Gasteiger partial charge in [0.05, 0.1) is 25.0 Å². The van der Waals surface area contributed by atoms with Crippen LogP contribution in [0.5, 0.6) is 11.5 Å². The van der Waals surface area contributed by atoms with E-state index in [0.717, 1.165) is 31.2 Å². The highest BCUT2D eigenvalue weighted by Gasteiger charge is 2.46. The van der Waals surface area contributed by atoms with Crippen molar-refractivity contribution in [3.63, 3.8) is 0 Å². The highest BCUT2D eigenvalue weighted by atomic mass is 19.1. The lowest BCUT2D eigenvalue weighted by atomic mass is 9.63. The van der Waals surface area contributed by atoms with Crippen molar-refractivity contribution in [2.75, 3.05) is 27.4 Å². The smallest absolute Gasteiger partial charge is 0.228 e. The SMILES string of the molecule is COCCCOc1cc2c(cc1OC)-c1c(F)c(=O)c(C(C)=O)cn1[C@H]1[C@@H]2CCCC1(C)C. The molecule has 0 radical (unpaired) electrons. The Labute approximate surface area is 193 Å². The third-order valence-corrected chi connectivity index (χ3v) is 7.12. The fourth-order valence-electron chi connectivity index (χ4n) is 5.60. The number of nitrogens with zero attached hydrogens (tertiary/aromatic N) is 1.